The van der Waals surface area contributed by atoms with Gasteiger partial charge in [0.15, 0.2) is 0 Å². The molecule has 0 fully saturated rings. The fourth-order valence-electron chi connectivity index (χ4n) is 1.82. The molecule has 2 heterocycles. The Morgan fingerprint density at radius 3 is 2.64 bits per heavy atom. The number of ether oxygens (including phenoxy) is 1. The molecule has 120 valence electrons. The number of hydrogen-bond acceptors (Lipinski definition) is 5. The second kappa shape index (κ2) is 6.57. The van der Waals surface area contributed by atoms with Gasteiger partial charge in [-0.05, 0) is 11.6 Å². The van der Waals surface area contributed by atoms with Gasteiger partial charge in [-0.2, -0.15) is 0 Å². The number of pyridine rings is 1. The number of aromatic nitrogens is 1. The molecule has 0 radical (unpaired) electrons. The molecule has 1 aromatic rings. The lowest BCUT2D eigenvalue weighted by Crippen LogP contribution is -2.36. The molecule has 0 aromatic carbocycles. The van der Waals surface area contributed by atoms with E-state index in [0.29, 0.717) is 4.31 Å². The van der Waals surface area contributed by atoms with Crippen molar-refractivity contribution in [3.63, 3.8) is 0 Å². The third-order valence-electron chi connectivity index (χ3n) is 2.74. The maximum Gasteiger partial charge on any atom is 0.333 e. The van der Waals surface area contributed by atoms with Crippen LogP contribution in [0.2, 0.25) is 5.15 Å². The monoisotopic (exact) mass is 352 g/mol. The van der Waals surface area contributed by atoms with E-state index >= 15 is 0 Å². The van der Waals surface area contributed by atoms with Crippen LogP contribution >= 0.6 is 11.6 Å². The van der Waals surface area contributed by atoms with Crippen LogP contribution in [0.4, 0.5) is 8.78 Å². The topological polar surface area (TPSA) is 76.6 Å². The van der Waals surface area contributed by atoms with Gasteiger partial charge in [0, 0.05) is 12.3 Å². The second-order valence-electron chi connectivity index (χ2n) is 4.41. The number of nitrogens with zero attached hydrogens (tertiary/aromatic N) is 2. The fourth-order valence-corrected chi connectivity index (χ4v) is 3.49. The van der Waals surface area contributed by atoms with E-state index in [9.17, 15) is 22.0 Å². The van der Waals surface area contributed by atoms with Crippen LogP contribution in [0.1, 0.15) is 5.56 Å². The number of rotatable bonds is 6. The van der Waals surface area contributed by atoms with E-state index in [2.05, 4.69) is 9.72 Å². The number of carbonyl (C=O) groups is 1. The van der Waals surface area contributed by atoms with Crippen LogP contribution in [-0.2, 0) is 25.3 Å². The Morgan fingerprint density at radius 2 is 2.14 bits per heavy atom. The lowest BCUT2D eigenvalue weighted by atomic mass is 10.3. The summed E-state index contributed by atoms with van der Waals surface area (Å²) in [5, 5.41) is 0.183. The summed E-state index contributed by atoms with van der Waals surface area (Å²) in [5.74, 6) is -1.31. The summed E-state index contributed by atoms with van der Waals surface area (Å²) in [6.07, 6.45) is -0.764. The first-order chi connectivity index (χ1) is 10.3. The Morgan fingerprint density at radius 1 is 1.41 bits per heavy atom. The molecule has 22 heavy (non-hydrogen) atoms. The van der Waals surface area contributed by atoms with Crippen molar-refractivity contribution in [3.8, 4) is 0 Å². The van der Waals surface area contributed by atoms with Gasteiger partial charge in [0.25, 0.3) is 6.43 Å². The number of esters is 1. The van der Waals surface area contributed by atoms with Gasteiger partial charge < -0.3 is 4.74 Å². The zero-order valence-corrected chi connectivity index (χ0v) is 12.7. The summed E-state index contributed by atoms with van der Waals surface area (Å²) in [5.41, 5.74) is 0.168. The number of cyclic esters (lactones) is 1. The number of hydrogen-bond donors (Lipinski definition) is 0. The second-order valence-corrected chi connectivity index (χ2v) is 6.69. The largest absolute Gasteiger partial charge is 0.456 e. The molecule has 10 heteroatoms. The van der Waals surface area contributed by atoms with Gasteiger partial charge >= 0.3 is 5.97 Å². The fraction of sp³-hybridized carbons (Fsp3) is 0.333. The number of halogens is 3. The first kappa shape index (κ1) is 16.6. The summed E-state index contributed by atoms with van der Waals surface area (Å²) in [6, 6.07) is 2.82. The molecule has 0 unspecified atom stereocenters. The van der Waals surface area contributed by atoms with Crippen LogP contribution in [0, 0.1) is 0 Å². The molecule has 1 aliphatic rings. The molecule has 0 amide bonds. The molecule has 0 saturated heterocycles. The van der Waals surface area contributed by atoms with Crippen molar-refractivity contribution < 1.29 is 26.7 Å². The molecule has 2 rings (SSSR count). The molecule has 0 spiro atoms. The predicted octanol–water partition coefficient (Wildman–Crippen LogP) is 1.57. The highest BCUT2D eigenvalue weighted by Gasteiger charge is 2.31. The van der Waals surface area contributed by atoms with Crippen molar-refractivity contribution in [2.45, 2.75) is 12.2 Å². The third kappa shape index (κ3) is 4.14. The molecule has 1 aliphatic heterocycles. The molecular weight excluding hydrogens is 342 g/mol. The molecule has 0 bridgehead atoms. The molecule has 0 N–H and O–H groups in total. The first-order valence-electron chi connectivity index (χ1n) is 6.04. The third-order valence-corrected chi connectivity index (χ3v) is 4.72. The molecule has 0 atom stereocenters. The zero-order valence-electron chi connectivity index (χ0n) is 11.1. The lowest BCUT2D eigenvalue weighted by molar-refractivity contribution is -0.135. The summed E-state index contributed by atoms with van der Waals surface area (Å²) in [6.45, 7) is -1.41. The van der Waals surface area contributed by atoms with Gasteiger partial charge in [0.1, 0.15) is 11.8 Å². The average molecular weight is 353 g/mol. The average Bonchev–Trinajstić information content (AvgIpc) is 2.84. The Kier molecular flexibility index (Phi) is 4.97. The van der Waals surface area contributed by atoms with Gasteiger partial charge in [-0.25, -0.2) is 27.0 Å². The van der Waals surface area contributed by atoms with Crippen molar-refractivity contribution in [1.82, 2.24) is 9.29 Å². The maximum absolute atomic E-state index is 12.7. The molecule has 1 aromatic heterocycles. The quantitative estimate of drug-likeness (QED) is 0.574. The van der Waals surface area contributed by atoms with Crippen molar-refractivity contribution in [2.75, 3.05) is 13.2 Å². The van der Waals surface area contributed by atoms with E-state index < -0.39 is 34.7 Å². The van der Waals surface area contributed by atoms with E-state index in [0.717, 1.165) is 6.08 Å². The maximum atomic E-state index is 12.7. The number of alkyl halides is 2. The highest BCUT2D eigenvalue weighted by Crippen LogP contribution is 2.21. The van der Waals surface area contributed by atoms with E-state index in [1.165, 1.54) is 18.3 Å². The standard InChI is InChI=1S/C12H11ClF2N2O4S/c13-10-2-1-8(4-16-10)7-22(19,20)17(5-11(14)15)9-3-12(18)21-6-9/h1-4,11H,5-7H2. The Labute approximate surface area is 130 Å². The summed E-state index contributed by atoms with van der Waals surface area (Å²) >= 11 is 5.60. The molecule has 0 aliphatic carbocycles. The normalized spacial score (nSPS) is 14.9. The summed E-state index contributed by atoms with van der Waals surface area (Å²) in [7, 11) is -4.12. The summed E-state index contributed by atoms with van der Waals surface area (Å²) in [4.78, 5) is 14.8. The van der Waals surface area contributed by atoms with Crippen LogP contribution in [0.15, 0.2) is 30.1 Å². The SMILES string of the molecule is O=C1C=C(N(CC(F)F)S(=O)(=O)Cc2ccc(Cl)nc2)CO1. The van der Waals surface area contributed by atoms with Crippen molar-refractivity contribution >= 4 is 27.6 Å². The van der Waals surface area contributed by atoms with E-state index in [4.69, 9.17) is 11.6 Å². The van der Waals surface area contributed by atoms with Crippen LogP contribution in [0.5, 0.6) is 0 Å². The predicted molar refractivity (Wildman–Crippen MR) is 73.6 cm³/mol. The van der Waals surface area contributed by atoms with Gasteiger partial charge in [-0.1, -0.05) is 17.7 Å². The van der Waals surface area contributed by atoms with E-state index in [-0.39, 0.29) is 23.0 Å². The number of sulfonamides is 1. The van der Waals surface area contributed by atoms with Gasteiger partial charge in [-0.3, -0.25) is 4.31 Å². The van der Waals surface area contributed by atoms with Gasteiger partial charge in [-0.15, -0.1) is 0 Å². The van der Waals surface area contributed by atoms with Crippen molar-refractivity contribution in [2.24, 2.45) is 0 Å². The Balaban J connectivity index is 2.26. The van der Waals surface area contributed by atoms with Crippen molar-refractivity contribution in [1.29, 1.82) is 0 Å². The smallest absolute Gasteiger partial charge is 0.333 e. The Hall–Kier alpha value is -1.74. The van der Waals surface area contributed by atoms with Crippen LogP contribution in [0.3, 0.4) is 0 Å². The number of carbonyl (C=O) groups excluding carboxylic acids is 1. The van der Waals surface area contributed by atoms with Gasteiger partial charge in [0.2, 0.25) is 10.0 Å². The lowest BCUT2D eigenvalue weighted by Gasteiger charge is -2.24. The Bertz CT molecular complexity index is 692. The van der Waals surface area contributed by atoms with E-state index in [1.54, 1.807) is 0 Å². The van der Waals surface area contributed by atoms with Crippen LogP contribution in [-0.4, -0.2) is 43.3 Å². The minimum atomic E-state index is -4.12. The minimum Gasteiger partial charge on any atom is -0.456 e. The highest BCUT2D eigenvalue weighted by atomic mass is 35.5. The first-order valence-corrected chi connectivity index (χ1v) is 8.03. The summed E-state index contributed by atoms with van der Waals surface area (Å²) < 4.78 is 55.1. The van der Waals surface area contributed by atoms with Crippen LogP contribution in [0.25, 0.3) is 0 Å². The molecule has 0 saturated carbocycles. The van der Waals surface area contributed by atoms with E-state index in [1.807, 2.05) is 0 Å². The van der Waals surface area contributed by atoms with Crippen molar-refractivity contribution in [3.05, 3.63) is 40.8 Å². The van der Waals surface area contributed by atoms with Crippen LogP contribution < -0.4 is 0 Å². The minimum absolute atomic E-state index is 0.118. The zero-order chi connectivity index (χ0) is 16.3. The van der Waals surface area contributed by atoms with Gasteiger partial charge in [0.05, 0.1) is 18.0 Å². The molecule has 6 nitrogen and oxygen atoms in total. The molecular formula is C12H11ClF2N2O4S. The highest BCUT2D eigenvalue weighted by molar-refractivity contribution is 7.88.